The molecule has 0 aromatic rings. The Morgan fingerprint density at radius 2 is 1.75 bits per heavy atom. The van der Waals surface area contributed by atoms with Crippen LogP contribution in [0.15, 0.2) is 0 Å². The maximum atomic E-state index is 11.2. The van der Waals surface area contributed by atoms with Crippen LogP contribution in [0.5, 0.6) is 0 Å². The number of carbonyl (C=O) groups excluding carboxylic acids is 1. The molecule has 0 saturated heterocycles. The average Bonchev–Trinajstić information content (AvgIpc) is 1.95. The van der Waals surface area contributed by atoms with E-state index >= 15 is 0 Å². The van der Waals surface area contributed by atoms with Crippen LogP contribution < -0.4 is 0 Å². The average molecular weight is 170 g/mol. The van der Waals surface area contributed by atoms with Crippen LogP contribution in [0, 0.1) is 5.41 Å². The predicted molar refractivity (Wildman–Crippen MR) is 53.2 cm³/mol. The zero-order valence-electron chi connectivity index (χ0n) is 8.94. The monoisotopic (exact) mass is 170 g/mol. The van der Waals surface area contributed by atoms with Gasteiger partial charge in [-0.1, -0.05) is 34.1 Å². The van der Waals surface area contributed by atoms with Crippen molar-refractivity contribution in [2.45, 2.75) is 59.8 Å². The molecule has 0 spiro atoms. The summed E-state index contributed by atoms with van der Waals surface area (Å²) in [5.74, 6) is 0.437. The molecule has 0 saturated carbocycles. The molecule has 0 bridgehead atoms. The molecule has 1 heteroatoms. The van der Waals surface area contributed by atoms with E-state index in [-0.39, 0.29) is 0 Å². The van der Waals surface area contributed by atoms with Crippen LogP contribution in [0.2, 0.25) is 0 Å². The Hall–Kier alpha value is -0.330. The second-order valence-electron chi connectivity index (χ2n) is 4.70. The van der Waals surface area contributed by atoms with Crippen molar-refractivity contribution in [3.05, 3.63) is 0 Å². The van der Waals surface area contributed by atoms with Crippen molar-refractivity contribution in [2.75, 3.05) is 0 Å². The molecule has 0 aromatic carbocycles. The number of unbranched alkanes of at least 4 members (excludes halogenated alkanes) is 1. The van der Waals surface area contributed by atoms with Crippen molar-refractivity contribution < 1.29 is 4.79 Å². The van der Waals surface area contributed by atoms with E-state index in [0.29, 0.717) is 11.2 Å². The molecule has 0 amide bonds. The van der Waals surface area contributed by atoms with E-state index in [4.69, 9.17) is 0 Å². The highest BCUT2D eigenvalue weighted by Crippen LogP contribution is 2.21. The van der Waals surface area contributed by atoms with Crippen LogP contribution in [-0.2, 0) is 4.79 Å². The van der Waals surface area contributed by atoms with Gasteiger partial charge in [-0.2, -0.15) is 0 Å². The maximum Gasteiger partial charge on any atom is 0.132 e. The third-order valence-corrected chi connectivity index (χ3v) is 1.96. The van der Waals surface area contributed by atoms with Gasteiger partial charge in [-0.15, -0.1) is 0 Å². The van der Waals surface area contributed by atoms with E-state index in [1.807, 2.05) is 0 Å². The van der Waals surface area contributed by atoms with Crippen molar-refractivity contribution in [2.24, 2.45) is 5.41 Å². The summed E-state index contributed by atoms with van der Waals surface area (Å²) in [6.07, 6.45) is 4.76. The summed E-state index contributed by atoms with van der Waals surface area (Å²) in [4.78, 5) is 11.2. The quantitative estimate of drug-likeness (QED) is 0.616. The van der Waals surface area contributed by atoms with Gasteiger partial charge in [-0.05, 0) is 18.3 Å². The molecule has 1 nitrogen and oxygen atoms in total. The Balaban J connectivity index is 3.44. The van der Waals surface area contributed by atoms with E-state index < -0.39 is 0 Å². The predicted octanol–water partition coefficient (Wildman–Crippen LogP) is 3.57. The number of rotatable bonds is 5. The van der Waals surface area contributed by atoms with Crippen LogP contribution in [0.25, 0.3) is 0 Å². The first-order valence-electron chi connectivity index (χ1n) is 4.97. The molecule has 0 heterocycles. The van der Waals surface area contributed by atoms with Crippen LogP contribution in [0.3, 0.4) is 0 Å². The van der Waals surface area contributed by atoms with Crippen LogP contribution in [-0.4, -0.2) is 5.78 Å². The molecule has 0 rings (SSSR count). The second kappa shape index (κ2) is 5.34. The summed E-state index contributed by atoms with van der Waals surface area (Å²) in [6.45, 7) is 8.66. The summed E-state index contributed by atoms with van der Waals surface area (Å²) in [5.41, 5.74) is 0.307. The molecule has 0 N–H and O–H groups in total. The lowest BCUT2D eigenvalue weighted by Gasteiger charge is -2.16. The Kier molecular flexibility index (Phi) is 5.19. The minimum absolute atomic E-state index is 0.307. The van der Waals surface area contributed by atoms with Gasteiger partial charge in [-0.3, -0.25) is 4.79 Å². The summed E-state index contributed by atoms with van der Waals surface area (Å²) in [7, 11) is 0. The number of carbonyl (C=O) groups is 1. The minimum Gasteiger partial charge on any atom is -0.300 e. The molecule has 0 fully saturated rings. The van der Waals surface area contributed by atoms with Gasteiger partial charge in [0.1, 0.15) is 5.78 Å². The number of hydrogen-bond donors (Lipinski definition) is 0. The van der Waals surface area contributed by atoms with Gasteiger partial charge in [-0.25, -0.2) is 0 Å². The van der Waals surface area contributed by atoms with Crippen molar-refractivity contribution >= 4 is 5.78 Å². The van der Waals surface area contributed by atoms with Gasteiger partial charge >= 0.3 is 0 Å². The molecule has 12 heavy (non-hydrogen) atoms. The van der Waals surface area contributed by atoms with E-state index in [9.17, 15) is 4.79 Å². The van der Waals surface area contributed by atoms with E-state index in [0.717, 1.165) is 32.1 Å². The first-order chi connectivity index (χ1) is 5.45. The highest BCUT2D eigenvalue weighted by Gasteiger charge is 2.12. The zero-order chi connectivity index (χ0) is 9.61. The van der Waals surface area contributed by atoms with Crippen LogP contribution in [0.4, 0.5) is 0 Å². The van der Waals surface area contributed by atoms with E-state index in [1.54, 1.807) is 0 Å². The van der Waals surface area contributed by atoms with Crippen molar-refractivity contribution in [1.29, 1.82) is 0 Å². The third-order valence-electron chi connectivity index (χ3n) is 1.96. The maximum absolute atomic E-state index is 11.2. The summed E-state index contributed by atoms with van der Waals surface area (Å²) < 4.78 is 0. The van der Waals surface area contributed by atoms with E-state index in [1.165, 1.54) is 0 Å². The normalized spacial score (nSPS) is 11.7. The molecule has 72 valence electrons. The summed E-state index contributed by atoms with van der Waals surface area (Å²) in [6, 6.07) is 0. The fourth-order valence-corrected chi connectivity index (χ4v) is 1.01. The standard InChI is InChI=1S/C11H22O/c1-5-6-7-10(12)8-9-11(2,3)4/h5-9H2,1-4H3. The van der Waals surface area contributed by atoms with Crippen LogP contribution in [0.1, 0.15) is 59.8 Å². The topological polar surface area (TPSA) is 17.1 Å². The fraction of sp³-hybridized carbons (Fsp3) is 0.909. The van der Waals surface area contributed by atoms with Gasteiger partial charge < -0.3 is 0 Å². The Bertz CT molecular complexity index is 130. The second-order valence-corrected chi connectivity index (χ2v) is 4.70. The Labute approximate surface area is 76.6 Å². The van der Waals surface area contributed by atoms with Crippen LogP contribution >= 0.6 is 0 Å². The molecule has 0 unspecified atom stereocenters. The van der Waals surface area contributed by atoms with Gasteiger partial charge in [0.25, 0.3) is 0 Å². The van der Waals surface area contributed by atoms with Crippen molar-refractivity contribution in [3.8, 4) is 0 Å². The minimum atomic E-state index is 0.307. The fourth-order valence-electron chi connectivity index (χ4n) is 1.01. The number of hydrogen-bond acceptors (Lipinski definition) is 1. The first kappa shape index (κ1) is 11.7. The molecular weight excluding hydrogens is 148 g/mol. The summed E-state index contributed by atoms with van der Waals surface area (Å²) >= 11 is 0. The smallest absolute Gasteiger partial charge is 0.132 e. The molecule has 0 aromatic heterocycles. The molecule has 0 atom stereocenters. The molecular formula is C11H22O. The van der Waals surface area contributed by atoms with Gasteiger partial charge in [0.05, 0.1) is 0 Å². The van der Waals surface area contributed by atoms with Crippen molar-refractivity contribution in [3.63, 3.8) is 0 Å². The molecule has 0 aliphatic rings. The largest absolute Gasteiger partial charge is 0.300 e. The van der Waals surface area contributed by atoms with Gasteiger partial charge in [0, 0.05) is 12.8 Å². The Morgan fingerprint density at radius 3 is 2.17 bits per heavy atom. The molecule has 0 aliphatic heterocycles. The van der Waals surface area contributed by atoms with E-state index in [2.05, 4.69) is 27.7 Å². The lowest BCUT2D eigenvalue weighted by Crippen LogP contribution is -2.08. The SMILES string of the molecule is CCCCC(=O)CCC(C)(C)C. The van der Waals surface area contributed by atoms with Crippen molar-refractivity contribution in [1.82, 2.24) is 0 Å². The lowest BCUT2D eigenvalue weighted by molar-refractivity contribution is -0.119. The highest BCUT2D eigenvalue weighted by atomic mass is 16.1. The summed E-state index contributed by atoms with van der Waals surface area (Å²) in [5, 5.41) is 0. The Morgan fingerprint density at radius 1 is 1.17 bits per heavy atom. The molecule has 0 aliphatic carbocycles. The van der Waals surface area contributed by atoms with Gasteiger partial charge in [0.15, 0.2) is 0 Å². The van der Waals surface area contributed by atoms with Gasteiger partial charge in [0.2, 0.25) is 0 Å². The first-order valence-corrected chi connectivity index (χ1v) is 4.97. The number of ketones is 1. The highest BCUT2D eigenvalue weighted by molar-refractivity contribution is 5.78. The zero-order valence-corrected chi connectivity index (χ0v) is 8.94. The third kappa shape index (κ3) is 7.77. The lowest BCUT2D eigenvalue weighted by atomic mass is 9.89. The number of Topliss-reactive ketones (excluding diaryl/α,β-unsaturated/α-hetero) is 1. The molecule has 0 radical (unpaired) electrons.